The largest absolute Gasteiger partial charge is 0.456 e. The van der Waals surface area contributed by atoms with Crippen LogP contribution in [0.2, 0.25) is 0 Å². The zero-order chi connectivity index (χ0) is 11.7. The highest BCUT2D eigenvalue weighted by atomic mass is 16.5. The molecule has 0 atom stereocenters. The van der Waals surface area contributed by atoms with Crippen molar-refractivity contribution in [3.8, 4) is 11.5 Å². The Labute approximate surface area is 96.1 Å². The van der Waals surface area contributed by atoms with Gasteiger partial charge in [0, 0.05) is 6.07 Å². The molecule has 0 aliphatic rings. The molecule has 2 heterocycles. The lowest BCUT2D eigenvalue weighted by Gasteiger charge is -2.04. The van der Waals surface area contributed by atoms with E-state index in [1.54, 1.807) is 12.3 Å². The molecular formula is C12H9N3O2. The first-order chi connectivity index (χ1) is 8.31. The molecule has 17 heavy (non-hydrogen) atoms. The number of nitrogens with one attached hydrogen (secondary N) is 2. The van der Waals surface area contributed by atoms with Crippen LogP contribution in [0.15, 0.2) is 47.4 Å². The molecule has 0 saturated carbocycles. The van der Waals surface area contributed by atoms with Gasteiger partial charge in [-0.1, -0.05) is 18.2 Å². The van der Waals surface area contributed by atoms with Gasteiger partial charge < -0.3 is 9.72 Å². The van der Waals surface area contributed by atoms with Crippen LogP contribution in [-0.2, 0) is 0 Å². The normalized spacial score (nSPS) is 10.6. The van der Waals surface area contributed by atoms with Crippen molar-refractivity contribution in [1.29, 1.82) is 0 Å². The van der Waals surface area contributed by atoms with Crippen molar-refractivity contribution in [2.24, 2.45) is 0 Å². The lowest BCUT2D eigenvalue weighted by atomic mass is 10.3. The summed E-state index contributed by atoms with van der Waals surface area (Å²) in [6.07, 6.45) is 1.57. The minimum absolute atomic E-state index is 0.274. The van der Waals surface area contributed by atoms with E-state index in [0.717, 1.165) is 5.75 Å². The van der Waals surface area contributed by atoms with Crippen molar-refractivity contribution in [1.82, 2.24) is 15.0 Å². The maximum Gasteiger partial charge on any atom is 0.325 e. The second-order valence-corrected chi connectivity index (χ2v) is 3.56. The van der Waals surface area contributed by atoms with Gasteiger partial charge >= 0.3 is 5.69 Å². The lowest BCUT2D eigenvalue weighted by molar-refractivity contribution is 0.481. The molecule has 0 fully saturated rings. The molecule has 3 aromatic rings. The molecule has 0 aliphatic carbocycles. The number of hydrogen-bond acceptors (Lipinski definition) is 3. The van der Waals surface area contributed by atoms with E-state index in [-0.39, 0.29) is 5.69 Å². The standard InChI is InChI=1S/C12H9N3O2/c16-12-14-10-6-9(7-13-11(10)15-12)17-8-4-2-1-3-5-8/h1-7H,(H2,13,14,15,16). The quantitative estimate of drug-likeness (QED) is 0.703. The Balaban J connectivity index is 1.98. The number of imidazole rings is 1. The Morgan fingerprint density at radius 2 is 1.88 bits per heavy atom. The van der Waals surface area contributed by atoms with Crippen LogP contribution in [0.3, 0.4) is 0 Å². The first-order valence-corrected chi connectivity index (χ1v) is 5.12. The van der Waals surface area contributed by atoms with Gasteiger partial charge in [0.2, 0.25) is 0 Å². The van der Waals surface area contributed by atoms with Gasteiger partial charge in [-0.3, -0.25) is 4.98 Å². The predicted octanol–water partition coefficient (Wildman–Crippen LogP) is 2.04. The molecule has 1 aromatic carbocycles. The van der Waals surface area contributed by atoms with E-state index in [1.807, 2.05) is 30.3 Å². The SMILES string of the molecule is O=c1[nH]c2cc(Oc3ccccc3)cnc2[nH]1. The zero-order valence-electron chi connectivity index (χ0n) is 8.81. The summed E-state index contributed by atoms with van der Waals surface area (Å²) in [5.41, 5.74) is 0.878. The molecule has 0 bridgehead atoms. The van der Waals surface area contributed by atoms with Gasteiger partial charge in [0.15, 0.2) is 5.65 Å². The number of fused-ring (bicyclic) bond motifs is 1. The van der Waals surface area contributed by atoms with Crippen molar-refractivity contribution in [3.63, 3.8) is 0 Å². The van der Waals surface area contributed by atoms with Gasteiger partial charge in [-0.2, -0.15) is 0 Å². The summed E-state index contributed by atoms with van der Waals surface area (Å²) in [5, 5.41) is 0. The Bertz CT molecular complexity index is 700. The van der Waals surface area contributed by atoms with Crippen LogP contribution in [0.4, 0.5) is 0 Å². The number of nitrogens with zero attached hydrogens (tertiary/aromatic N) is 1. The summed E-state index contributed by atoms with van der Waals surface area (Å²) in [4.78, 5) is 20.4. The van der Waals surface area contributed by atoms with Gasteiger partial charge in [0.1, 0.15) is 11.5 Å². The van der Waals surface area contributed by atoms with E-state index >= 15 is 0 Å². The van der Waals surface area contributed by atoms with Gasteiger partial charge in [-0.05, 0) is 12.1 Å². The maximum atomic E-state index is 11.1. The average Bonchev–Trinajstić information content (AvgIpc) is 2.70. The zero-order valence-corrected chi connectivity index (χ0v) is 8.81. The van der Waals surface area contributed by atoms with Gasteiger partial charge in [0.05, 0.1) is 11.7 Å². The molecule has 0 radical (unpaired) electrons. The number of H-pyrrole nitrogens is 2. The van der Waals surface area contributed by atoms with E-state index in [1.165, 1.54) is 0 Å². The third kappa shape index (κ3) is 1.90. The first-order valence-electron chi connectivity index (χ1n) is 5.12. The topological polar surface area (TPSA) is 70.8 Å². The van der Waals surface area contributed by atoms with Crippen molar-refractivity contribution < 1.29 is 4.74 Å². The highest BCUT2D eigenvalue weighted by molar-refractivity contribution is 5.71. The fourth-order valence-corrected chi connectivity index (χ4v) is 1.58. The number of para-hydroxylation sites is 1. The second kappa shape index (κ2) is 3.79. The number of pyridine rings is 1. The Hall–Kier alpha value is -2.56. The van der Waals surface area contributed by atoms with Crippen LogP contribution >= 0.6 is 0 Å². The molecule has 0 aliphatic heterocycles. The van der Waals surface area contributed by atoms with Crippen LogP contribution in [0, 0.1) is 0 Å². The number of ether oxygens (including phenoxy) is 1. The highest BCUT2D eigenvalue weighted by Gasteiger charge is 2.02. The molecule has 0 unspecified atom stereocenters. The lowest BCUT2D eigenvalue weighted by Crippen LogP contribution is -1.99. The van der Waals surface area contributed by atoms with Gasteiger partial charge in [0.25, 0.3) is 0 Å². The summed E-state index contributed by atoms with van der Waals surface area (Å²) >= 11 is 0. The molecule has 0 amide bonds. The van der Waals surface area contributed by atoms with Crippen molar-refractivity contribution in [2.75, 3.05) is 0 Å². The van der Waals surface area contributed by atoms with E-state index in [4.69, 9.17) is 4.74 Å². The van der Waals surface area contributed by atoms with E-state index in [2.05, 4.69) is 15.0 Å². The summed E-state index contributed by atoms with van der Waals surface area (Å²) < 4.78 is 5.60. The first kappa shape index (κ1) is 9.65. The summed E-state index contributed by atoms with van der Waals surface area (Å²) in [6, 6.07) is 11.1. The molecule has 5 nitrogen and oxygen atoms in total. The number of benzene rings is 1. The monoisotopic (exact) mass is 227 g/mol. The molecule has 3 rings (SSSR count). The fourth-order valence-electron chi connectivity index (χ4n) is 1.58. The minimum atomic E-state index is -0.274. The Kier molecular flexibility index (Phi) is 2.15. The third-order valence-electron chi connectivity index (χ3n) is 2.32. The van der Waals surface area contributed by atoms with Gasteiger partial charge in [-0.15, -0.1) is 0 Å². The Morgan fingerprint density at radius 1 is 1.06 bits per heavy atom. The molecular weight excluding hydrogens is 218 g/mol. The van der Waals surface area contributed by atoms with Crippen LogP contribution in [0.25, 0.3) is 11.2 Å². The van der Waals surface area contributed by atoms with Gasteiger partial charge in [-0.25, -0.2) is 9.78 Å². The molecule has 0 spiro atoms. The van der Waals surface area contributed by atoms with Crippen molar-refractivity contribution >= 4 is 11.2 Å². The number of aromatic nitrogens is 3. The smallest absolute Gasteiger partial charge is 0.325 e. The molecule has 2 aromatic heterocycles. The second-order valence-electron chi connectivity index (χ2n) is 3.56. The van der Waals surface area contributed by atoms with E-state index in [9.17, 15) is 4.79 Å². The van der Waals surface area contributed by atoms with Crippen LogP contribution in [-0.4, -0.2) is 15.0 Å². The molecule has 84 valence electrons. The summed E-state index contributed by atoms with van der Waals surface area (Å²) in [7, 11) is 0. The third-order valence-corrected chi connectivity index (χ3v) is 2.32. The minimum Gasteiger partial charge on any atom is -0.456 e. The van der Waals surface area contributed by atoms with Crippen molar-refractivity contribution in [2.45, 2.75) is 0 Å². The number of rotatable bonds is 2. The van der Waals surface area contributed by atoms with E-state index in [0.29, 0.717) is 16.9 Å². The molecule has 0 saturated heterocycles. The number of aromatic amines is 2. The van der Waals surface area contributed by atoms with Crippen molar-refractivity contribution in [3.05, 3.63) is 53.1 Å². The maximum absolute atomic E-state index is 11.1. The Morgan fingerprint density at radius 3 is 2.71 bits per heavy atom. The van der Waals surface area contributed by atoms with Crippen LogP contribution in [0.5, 0.6) is 11.5 Å². The molecule has 2 N–H and O–H groups in total. The van der Waals surface area contributed by atoms with E-state index < -0.39 is 0 Å². The molecule has 5 heteroatoms. The van der Waals surface area contributed by atoms with Crippen LogP contribution < -0.4 is 10.4 Å². The summed E-state index contributed by atoms with van der Waals surface area (Å²) in [5.74, 6) is 1.31. The highest BCUT2D eigenvalue weighted by Crippen LogP contribution is 2.21. The summed E-state index contributed by atoms with van der Waals surface area (Å²) in [6.45, 7) is 0. The van der Waals surface area contributed by atoms with Crippen LogP contribution in [0.1, 0.15) is 0 Å². The fraction of sp³-hybridized carbons (Fsp3) is 0. The predicted molar refractivity (Wildman–Crippen MR) is 63.2 cm³/mol. The number of hydrogen-bond donors (Lipinski definition) is 2. The average molecular weight is 227 g/mol.